The molecule has 1 aromatic heterocycles. The predicted octanol–water partition coefficient (Wildman–Crippen LogP) is 1.58. The number of carbonyl (C=O) groups is 2. The molecular weight excluding hydrogens is 304 g/mol. The maximum atomic E-state index is 12.2. The summed E-state index contributed by atoms with van der Waals surface area (Å²) in [5.41, 5.74) is 1.85. The summed E-state index contributed by atoms with van der Waals surface area (Å²) in [5.74, 6) is 0.0247. The van der Waals surface area contributed by atoms with Crippen molar-refractivity contribution in [3.63, 3.8) is 0 Å². The highest BCUT2D eigenvalue weighted by molar-refractivity contribution is 5.91. The Morgan fingerprint density at radius 1 is 1.04 bits per heavy atom. The summed E-state index contributed by atoms with van der Waals surface area (Å²) in [7, 11) is 0. The molecule has 1 aliphatic rings. The van der Waals surface area contributed by atoms with Gasteiger partial charge in [-0.3, -0.25) is 9.59 Å². The Hall–Kier alpha value is -2.89. The van der Waals surface area contributed by atoms with Gasteiger partial charge in [-0.25, -0.2) is 4.68 Å². The Morgan fingerprint density at radius 2 is 1.71 bits per heavy atom. The molecule has 0 atom stereocenters. The van der Waals surface area contributed by atoms with E-state index in [0.717, 1.165) is 11.3 Å². The molecule has 2 heterocycles. The first-order valence-electron chi connectivity index (χ1n) is 7.96. The average Bonchev–Trinajstić information content (AvgIpc) is 3.09. The van der Waals surface area contributed by atoms with Crippen LogP contribution < -0.4 is 0 Å². The zero-order valence-corrected chi connectivity index (χ0v) is 13.6. The molecule has 0 N–H and O–H groups in total. The highest BCUT2D eigenvalue weighted by Crippen LogP contribution is 2.09. The Morgan fingerprint density at radius 3 is 2.38 bits per heavy atom. The van der Waals surface area contributed by atoms with Gasteiger partial charge in [0.1, 0.15) is 0 Å². The number of carbonyl (C=O) groups excluding carboxylic acids is 2. The Labute approximate surface area is 141 Å². The highest BCUT2D eigenvalue weighted by Gasteiger charge is 2.20. The molecule has 0 aliphatic carbocycles. The van der Waals surface area contributed by atoms with Crippen molar-refractivity contribution in [2.75, 3.05) is 26.2 Å². The van der Waals surface area contributed by atoms with Crippen LogP contribution in [-0.4, -0.2) is 57.6 Å². The number of amides is 2. The van der Waals surface area contributed by atoms with Crippen LogP contribution in [0.5, 0.6) is 0 Å². The molecule has 1 aliphatic heterocycles. The lowest BCUT2D eigenvalue weighted by atomic mass is 10.2. The van der Waals surface area contributed by atoms with E-state index >= 15 is 0 Å². The molecule has 0 saturated carbocycles. The first kappa shape index (κ1) is 16.0. The van der Waals surface area contributed by atoms with Gasteiger partial charge >= 0.3 is 0 Å². The summed E-state index contributed by atoms with van der Waals surface area (Å²) in [5, 5.41) is 4.30. The number of nitrogens with zero attached hydrogens (tertiary/aromatic N) is 4. The second-order valence-electron chi connectivity index (χ2n) is 5.72. The van der Waals surface area contributed by atoms with Crippen LogP contribution in [0.15, 0.2) is 48.8 Å². The predicted molar refractivity (Wildman–Crippen MR) is 91.4 cm³/mol. The molecule has 3 rings (SSSR count). The van der Waals surface area contributed by atoms with Crippen molar-refractivity contribution in [3.05, 3.63) is 54.4 Å². The van der Waals surface area contributed by atoms with Crippen LogP contribution in [0.1, 0.15) is 12.5 Å². The second kappa shape index (κ2) is 7.12. The third-order valence-corrected chi connectivity index (χ3v) is 4.08. The fourth-order valence-electron chi connectivity index (χ4n) is 2.66. The van der Waals surface area contributed by atoms with Crippen LogP contribution in [0.4, 0.5) is 0 Å². The van der Waals surface area contributed by atoms with E-state index in [2.05, 4.69) is 5.10 Å². The molecule has 0 unspecified atom stereocenters. The van der Waals surface area contributed by atoms with Gasteiger partial charge in [0.05, 0.1) is 11.9 Å². The van der Waals surface area contributed by atoms with Crippen molar-refractivity contribution in [1.29, 1.82) is 0 Å². The maximum absolute atomic E-state index is 12.2. The third-order valence-electron chi connectivity index (χ3n) is 4.08. The first-order chi connectivity index (χ1) is 11.6. The molecule has 0 bridgehead atoms. The van der Waals surface area contributed by atoms with Crippen LogP contribution in [0, 0.1) is 0 Å². The maximum Gasteiger partial charge on any atom is 0.246 e. The number of hydrogen-bond acceptors (Lipinski definition) is 3. The molecule has 124 valence electrons. The fraction of sp³-hybridized carbons (Fsp3) is 0.278. The number of para-hydroxylation sites is 1. The van der Waals surface area contributed by atoms with Gasteiger partial charge < -0.3 is 9.80 Å². The van der Waals surface area contributed by atoms with E-state index in [4.69, 9.17) is 0 Å². The molecule has 6 heteroatoms. The van der Waals surface area contributed by atoms with Crippen LogP contribution in [0.3, 0.4) is 0 Å². The summed E-state index contributed by atoms with van der Waals surface area (Å²) in [6, 6.07) is 9.81. The molecule has 1 aromatic carbocycles. The summed E-state index contributed by atoms with van der Waals surface area (Å²) < 4.78 is 1.77. The van der Waals surface area contributed by atoms with E-state index < -0.39 is 0 Å². The lowest BCUT2D eigenvalue weighted by Gasteiger charge is -2.33. The summed E-state index contributed by atoms with van der Waals surface area (Å²) in [6.45, 7) is 3.90. The van der Waals surface area contributed by atoms with E-state index in [9.17, 15) is 9.59 Å². The van der Waals surface area contributed by atoms with Crippen molar-refractivity contribution in [2.45, 2.75) is 6.92 Å². The van der Waals surface area contributed by atoms with E-state index in [1.54, 1.807) is 39.8 Å². The van der Waals surface area contributed by atoms with E-state index in [0.29, 0.717) is 26.2 Å². The molecule has 24 heavy (non-hydrogen) atoms. The SMILES string of the molecule is CC(=O)N1CCN(C(=O)/C=C/c2cnn(-c3ccccc3)c2)CC1. The summed E-state index contributed by atoms with van der Waals surface area (Å²) >= 11 is 0. The summed E-state index contributed by atoms with van der Waals surface area (Å²) in [4.78, 5) is 27.1. The minimum absolute atomic E-state index is 0.0364. The van der Waals surface area contributed by atoms with Crippen molar-refractivity contribution < 1.29 is 9.59 Å². The molecule has 0 radical (unpaired) electrons. The molecule has 1 saturated heterocycles. The molecule has 1 fully saturated rings. The van der Waals surface area contributed by atoms with Crippen molar-refractivity contribution in [3.8, 4) is 5.69 Å². The monoisotopic (exact) mass is 324 g/mol. The Bertz CT molecular complexity index is 743. The van der Waals surface area contributed by atoms with Gasteiger partial charge in [0.2, 0.25) is 11.8 Å². The lowest BCUT2D eigenvalue weighted by molar-refractivity contribution is -0.135. The van der Waals surface area contributed by atoms with Gasteiger partial charge in [-0.05, 0) is 18.2 Å². The number of rotatable bonds is 3. The first-order valence-corrected chi connectivity index (χ1v) is 7.96. The number of benzene rings is 1. The van der Waals surface area contributed by atoms with Gasteiger partial charge in [0.25, 0.3) is 0 Å². The number of hydrogen-bond donors (Lipinski definition) is 0. The molecule has 2 aromatic rings. The zero-order chi connectivity index (χ0) is 16.9. The minimum Gasteiger partial charge on any atom is -0.339 e. The average molecular weight is 324 g/mol. The number of aromatic nitrogens is 2. The van der Waals surface area contributed by atoms with Gasteiger partial charge in [-0.2, -0.15) is 5.10 Å². The van der Waals surface area contributed by atoms with Crippen LogP contribution >= 0.6 is 0 Å². The smallest absolute Gasteiger partial charge is 0.246 e. The van der Waals surface area contributed by atoms with Crippen molar-refractivity contribution in [2.24, 2.45) is 0 Å². The normalized spacial score (nSPS) is 15.0. The fourth-order valence-corrected chi connectivity index (χ4v) is 2.66. The Balaban J connectivity index is 1.59. The standard InChI is InChI=1S/C18H20N4O2/c1-15(23)20-9-11-21(12-10-20)18(24)8-7-16-13-19-22(14-16)17-5-3-2-4-6-17/h2-8,13-14H,9-12H2,1H3/b8-7+. The van der Waals surface area contributed by atoms with Crippen LogP contribution in [0.25, 0.3) is 11.8 Å². The molecule has 0 spiro atoms. The van der Waals surface area contributed by atoms with E-state index in [1.165, 1.54) is 0 Å². The zero-order valence-electron chi connectivity index (χ0n) is 13.6. The van der Waals surface area contributed by atoms with E-state index in [-0.39, 0.29) is 11.8 Å². The Kier molecular flexibility index (Phi) is 4.74. The topological polar surface area (TPSA) is 58.4 Å². The van der Waals surface area contributed by atoms with Crippen molar-refractivity contribution in [1.82, 2.24) is 19.6 Å². The van der Waals surface area contributed by atoms with Crippen LogP contribution in [-0.2, 0) is 9.59 Å². The van der Waals surface area contributed by atoms with Gasteiger partial charge in [0.15, 0.2) is 0 Å². The van der Waals surface area contributed by atoms with Gasteiger partial charge in [0, 0.05) is 50.9 Å². The van der Waals surface area contributed by atoms with E-state index in [1.807, 2.05) is 36.5 Å². The number of piperazine rings is 1. The minimum atomic E-state index is -0.0364. The van der Waals surface area contributed by atoms with Crippen LogP contribution in [0.2, 0.25) is 0 Å². The largest absolute Gasteiger partial charge is 0.339 e. The van der Waals surface area contributed by atoms with Gasteiger partial charge in [-0.15, -0.1) is 0 Å². The molecule has 2 amide bonds. The highest BCUT2D eigenvalue weighted by atomic mass is 16.2. The van der Waals surface area contributed by atoms with Crippen molar-refractivity contribution >= 4 is 17.9 Å². The second-order valence-corrected chi connectivity index (χ2v) is 5.72. The third kappa shape index (κ3) is 3.71. The summed E-state index contributed by atoms with van der Waals surface area (Å²) in [6.07, 6.45) is 6.94. The quantitative estimate of drug-likeness (QED) is 0.806. The molecular formula is C18H20N4O2. The lowest BCUT2D eigenvalue weighted by Crippen LogP contribution is -2.49. The van der Waals surface area contributed by atoms with Gasteiger partial charge in [-0.1, -0.05) is 18.2 Å². The molecule has 6 nitrogen and oxygen atoms in total.